The fourth-order valence-electron chi connectivity index (χ4n) is 1.60. The summed E-state index contributed by atoms with van der Waals surface area (Å²) in [6.07, 6.45) is 0. The van der Waals surface area contributed by atoms with Crippen LogP contribution in [0.4, 0.5) is 0 Å². The standard InChI is InChI=1S/C15H19Cl2N3O3/c1-15(2,3)20-13(22)8-18-12(21)7-19-14(23)9-4-5-10(16)11(17)6-9/h4-6H,7-8H2,1-3H3,(H,18,21)(H,19,23)(H,20,22). The van der Waals surface area contributed by atoms with Gasteiger partial charge in [0.15, 0.2) is 0 Å². The van der Waals surface area contributed by atoms with Gasteiger partial charge in [-0.05, 0) is 39.0 Å². The highest BCUT2D eigenvalue weighted by atomic mass is 35.5. The van der Waals surface area contributed by atoms with E-state index in [0.29, 0.717) is 5.02 Å². The molecule has 3 amide bonds. The van der Waals surface area contributed by atoms with Crippen LogP contribution in [0.1, 0.15) is 31.1 Å². The van der Waals surface area contributed by atoms with Crippen LogP contribution in [0.3, 0.4) is 0 Å². The lowest BCUT2D eigenvalue weighted by Gasteiger charge is -2.20. The fourth-order valence-corrected chi connectivity index (χ4v) is 1.90. The quantitative estimate of drug-likeness (QED) is 0.748. The van der Waals surface area contributed by atoms with Gasteiger partial charge in [0, 0.05) is 11.1 Å². The largest absolute Gasteiger partial charge is 0.350 e. The predicted molar refractivity (Wildman–Crippen MR) is 89.7 cm³/mol. The van der Waals surface area contributed by atoms with Crippen LogP contribution in [0.5, 0.6) is 0 Å². The van der Waals surface area contributed by atoms with E-state index < -0.39 is 11.8 Å². The Kier molecular flexibility index (Phi) is 6.84. The second-order valence-electron chi connectivity index (χ2n) is 5.89. The molecule has 0 aromatic heterocycles. The van der Waals surface area contributed by atoms with Crippen molar-refractivity contribution < 1.29 is 14.4 Å². The maximum atomic E-state index is 11.9. The van der Waals surface area contributed by atoms with Crippen molar-refractivity contribution in [2.45, 2.75) is 26.3 Å². The summed E-state index contributed by atoms with van der Waals surface area (Å²) >= 11 is 11.6. The van der Waals surface area contributed by atoms with Crippen molar-refractivity contribution in [2.75, 3.05) is 13.1 Å². The number of carbonyl (C=O) groups is 3. The molecule has 0 aliphatic carbocycles. The molecule has 0 saturated carbocycles. The molecule has 1 aromatic carbocycles. The molecule has 0 unspecified atom stereocenters. The first-order chi connectivity index (χ1) is 10.6. The van der Waals surface area contributed by atoms with Crippen molar-refractivity contribution in [2.24, 2.45) is 0 Å². The molecule has 0 spiro atoms. The molecule has 23 heavy (non-hydrogen) atoms. The molecule has 6 nitrogen and oxygen atoms in total. The van der Waals surface area contributed by atoms with Gasteiger partial charge in [-0.15, -0.1) is 0 Å². The molecule has 0 fully saturated rings. The van der Waals surface area contributed by atoms with Gasteiger partial charge in [-0.3, -0.25) is 14.4 Å². The summed E-state index contributed by atoms with van der Waals surface area (Å²) in [5.74, 6) is -1.23. The van der Waals surface area contributed by atoms with Gasteiger partial charge in [0.2, 0.25) is 11.8 Å². The Bertz CT molecular complexity index is 612. The maximum absolute atomic E-state index is 11.9. The molecule has 0 aliphatic rings. The Balaban J connectivity index is 2.39. The Morgan fingerprint density at radius 2 is 1.57 bits per heavy atom. The van der Waals surface area contributed by atoms with E-state index in [1.54, 1.807) is 0 Å². The van der Waals surface area contributed by atoms with Gasteiger partial charge in [0.1, 0.15) is 0 Å². The Morgan fingerprint density at radius 3 is 2.13 bits per heavy atom. The monoisotopic (exact) mass is 359 g/mol. The van der Waals surface area contributed by atoms with Crippen LogP contribution in [0.2, 0.25) is 10.0 Å². The van der Waals surface area contributed by atoms with Gasteiger partial charge in [-0.2, -0.15) is 0 Å². The van der Waals surface area contributed by atoms with Crippen LogP contribution >= 0.6 is 23.2 Å². The number of nitrogens with one attached hydrogen (secondary N) is 3. The number of halogens is 2. The first-order valence-electron chi connectivity index (χ1n) is 6.89. The van der Waals surface area contributed by atoms with Crippen molar-refractivity contribution in [1.82, 2.24) is 16.0 Å². The van der Waals surface area contributed by atoms with Gasteiger partial charge in [0.05, 0.1) is 23.1 Å². The predicted octanol–water partition coefficient (Wildman–Crippen LogP) is 1.75. The highest BCUT2D eigenvalue weighted by molar-refractivity contribution is 6.42. The van der Waals surface area contributed by atoms with E-state index >= 15 is 0 Å². The SMILES string of the molecule is CC(C)(C)NC(=O)CNC(=O)CNC(=O)c1ccc(Cl)c(Cl)c1. The highest BCUT2D eigenvalue weighted by Crippen LogP contribution is 2.22. The maximum Gasteiger partial charge on any atom is 0.251 e. The Labute approximate surface area is 144 Å². The summed E-state index contributed by atoms with van der Waals surface area (Å²) in [6.45, 7) is 5.11. The van der Waals surface area contributed by atoms with Crippen LogP contribution < -0.4 is 16.0 Å². The van der Waals surface area contributed by atoms with Crippen LogP contribution in [-0.2, 0) is 9.59 Å². The number of benzene rings is 1. The molecule has 0 saturated heterocycles. The normalized spacial score (nSPS) is 10.8. The third-order valence-corrected chi connectivity index (χ3v) is 3.29. The zero-order valence-electron chi connectivity index (χ0n) is 13.1. The molecule has 0 atom stereocenters. The summed E-state index contributed by atoms with van der Waals surface area (Å²) < 4.78 is 0. The summed E-state index contributed by atoms with van der Waals surface area (Å²) in [5.41, 5.74) is -0.0816. The summed E-state index contributed by atoms with van der Waals surface area (Å²) in [4.78, 5) is 35.0. The van der Waals surface area contributed by atoms with E-state index in [0.717, 1.165) is 0 Å². The van der Waals surface area contributed by atoms with Crippen molar-refractivity contribution >= 4 is 40.9 Å². The number of carbonyl (C=O) groups excluding carboxylic acids is 3. The molecule has 0 aliphatic heterocycles. The van der Waals surface area contributed by atoms with Crippen LogP contribution in [0.25, 0.3) is 0 Å². The first-order valence-corrected chi connectivity index (χ1v) is 7.65. The van der Waals surface area contributed by atoms with Crippen LogP contribution in [0.15, 0.2) is 18.2 Å². The molecular weight excluding hydrogens is 341 g/mol. The van der Waals surface area contributed by atoms with E-state index in [-0.39, 0.29) is 35.1 Å². The van der Waals surface area contributed by atoms with Gasteiger partial charge in [0.25, 0.3) is 5.91 Å². The minimum absolute atomic E-state index is 0.154. The number of hydrogen-bond donors (Lipinski definition) is 3. The molecule has 0 radical (unpaired) electrons. The fraction of sp³-hybridized carbons (Fsp3) is 0.400. The van der Waals surface area contributed by atoms with Crippen molar-refractivity contribution in [3.05, 3.63) is 33.8 Å². The third-order valence-electron chi connectivity index (χ3n) is 2.55. The first kappa shape index (κ1) is 19.3. The van der Waals surface area contributed by atoms with Crippen molar-refractivity contribution in [3.8, 4) is 0 Å². The lowest BCUT2D eigenvalue weighted by molar-refractivity contribution is -0.126. The second-order valence-corrected chi connectivity index (χ2v) is 6.70. The zero-order valence-corrected chi connectivity index (χ0v) is 14.6. The topological polar surface area (TPSA) is 87.3 Å². The Morgan fingerprint density at radius 1 is 0.957 bits per heavy atom. The molecule has 1 rings (SSSR count). The second kappa shape index (κ2) is 8.17. The average molecular weight is 360 g/mol. The van der Waals surface area contributed by atoms with Gasteiger partial charge in [-0.25, -0.2) is 0 Å². The third kappa shape index (κ3) is 7.34. The number of rotatable bonds is 5. The minimum atomic E-state index is -0.470. The smallest absolute Gasteiger partial charge is 0.251 e. The average Bonchev–Trinajstić information content (AvgIpc) is 2.43. The highest BCUT2D eigenvalue weighted by Gasteiger charge is 2.14. The van der Waals surface area contributed by atoms with Gasteiger partial charge < -0.3 is 16.0 Å². The molecule has 3 N–H and O–H groups in total. The summed E-state index contributed by atoms with van der Waals surface area (Å²) in [7, 11) is 0. The van der Waals surface area contributed by atoms with Crippen LogP contribution in [0, 0.1) is 0 Å². The van der Waals surface area contributed by atoms with E-state index in [9.17, 15) is 14.4 Å². The summed E-state index contributed by atoms with van der Waals surface area (Å²) in [5, 5.41) is 8.15. The van der Waals surface area contributed by atoms with E-state index in [1.807, 2.05) is 20.8 Å². The minimum Gasteiger partial charge on any atom is -0.350 e. The van der Waals surface area contributed by atoms with Gasteiger partial charge in [-0.1, -0.05) is 23.2 Å². The summed E-state index contributed by atoms with van der Waals surface area (Å²) in [6, 6.07) is 4.40. The van der Waals surface area contributed by atoms with Crippen LogP contribution in [-0.4, -0.2) is 36.3 Å². The molecule has 1 aromatic rings. The lowest BCUT2D eigenvalue weighted by Crippen LogP contribution is -2.47. The van der Waals surface area contributed by atoms with E-state index in [1.165, 1.54) is 18.2 Å². The molecule has 0 heterocycles. The van der Waals surface area contributed by atoms with E-state index in [2.05, 4.69) is 16.0 Å². The number of amides is 3. The van der Waals surface area contributed by atoms with Crippen molar-refractivity contribution in [3.63, 3.8) is 0 Å². The van der Waals surface area contributed by atoms with Gasteiger partial charge >= 0.3 is 0 Å². The zero-order chi connectivity index (χ0) is 17.6. The van der Waals surface area contributed by atoms with Crippen molar-refractivity contribution in [1.29, 1.82) is 0 Å². The Hall–Kier alpha value is -1.79. The molecular formula is C15H19Cl2N3O3. The number of hydrogen-bond acceptors (Lipinski definition) is 3. The molecule has 126 valence electrons. The lowest BCUT2D eigenvalue weighted by atomic mass is 10.1. The molecule has 8 heteroatoms. The molecule has 0 bridgehead atoms. The van der Waals surface area contributed by atoms with E-state index in [4.69, 9.17) is 23.2 Å².